The van der Waals surface area contributed by atoms with Gasteiger partial charge in [0, 0.05) is 19.1 Å². The first-order chi connectivity index (χ1) is 14.4. The van der Waals surface area contributed by atoms with Crippen molar-refractivity contribution in [2.45, 2.75) is 77.1 Å². The van der Waals surface area contributed by atoms with Crippen LogP contribution in [0.1, 0.15) is 79.4 Å². The molecule has 0 unspecified atom stereocenters. The predicted octanol–water partition coefficient (Wildman–Crippen LogP) is 5.18. The van der Waals surface area contributed by atoms with Crippen LogP contribution < -0.4 is 10.6 Å². The van der Waals surface area contributed by atoms with Gasteiger partial charge in [-0.05, 0) is 88.2 Å². The molecule has 0 aromatic heterocycles. The zero-order valence-corrected chi connectivity index (χ0v) is 18.8. The second-order valence-corrected chi connectivity index (χ2v) is 9.36. The molecule has 4 nitrogen and oxygen atoms in total. The number of benzene rings is 2. The second kappa shape index (κ2) is 10.2. The van der Waals surface area contributed by atoms with Crippen molar-refractivity contribution in [3.63, 3.8) is 0 Å². The van der Waals surface area contributed by atoms with E-state index in [1.54, 1.807) is 0 Å². The fraction of sp³-hybridized carbons (Fsp3) is 0.500. The Balaban J connectivity index is 1.62. The van der Waals surface area contributed by atoms with Crippen LogP contribution in [0.15, 0.2) is 48.5 Å². The molecule has 1 aliphatic rings. The largest absolute Gasteiger partial charge is 0.456 e. The molecule has 2 aromatic rings. The number of carbonyl (C=O) groups excluding carboxylic acids is 1. The van der Waals surface area contributed by atoms with Gasteiger partial charge in [0.15, 0.2) is 0 Å². The van der Waals surface area contributed by atoms with Gasteiger partial charge in [-0.2, -0.15) is 0 Å². The van der Waals surface area contributed by atoms with E-state index in [-0.39, 0.29) is 5.97 Å². The number of hydrogen-bond donors (Lipinski definition) is 2. The number of rotatable bonds is 7. The molecule has 4 heteroatoms. The van der Waals surface area contributed by atoms with E-state index in [0.717, 1.165) is 13.1 Å². The number of hydrogen-bond acceptors (Lipinski definition) is 4. The lowest BCUT2D eigenvalue weighted by Gasteiger charge is -2.31. The zero-order chi connectivity index (χ0) is 21.6. The van der Waals surface area contributed by atoms with Gasteiger partial charge >= 0.3 is 5.97 Å². The van der Waals surface area contributed by atoms with E-state index in [0.29, 0.717) is 17.5 Å². The van der Waals surface area contributed by atoms with Crippen LogP contribution in [-0.2, 0) is 17.8 Å². The topological polar surface area (TPSA) is 50.4 Å². The van der Waals surface area contributed by atoms with Gasteiger partial charge in [-0.15, -0.1) is 0 Å². The quantitative estimate of drug-likeness (QED) is 0.620. The minimum atomic E-state index is -0.482. The van der Waals surface area contributed by atoms with E-state index in [1.807, 2.05) is 40.0 Å². The lowest BCUT2D eigenvalue weighted by molar-refractivity contribution is 0.00693. The smallest absolute Gasteiger partial charge is 0.338 e. The van der Waals surface area contributed by atoms with E-state index in [4.69, 9.17) is 4.74 Å². The first kappa shape index (κ1) is 22.5. The average Bonchev–Trinajstić information content (AvgIpc) is 2.72. The Bertz CT molecular complexity index is 819. The van der Waals surface area contributed by atoms with E-state index >= 15 is 0 Å². The van der Waals surface area contributed by atoms with E-state index < -0.39 is 5.60 Å². The van der Waals surface area contributed by atoms with Crippen LogP contribution in [0.4, 0.5) is 0 Å². The molecule has 0 atom stereocenters. The van der Waals surface area contributed by atoms with Gasteiger partial charge in [0.1, 0.15) is 5.60 Å². The maximum absolute atomic E-state index is 12.5. The Morgan fingerprint density at radius 3 is 2.33 bits per heavy atom. The molecule has 30 heavy (non-hydrogen) atoms. The fourth-order valence-electron chi connectivity index (χ4n) is 4.28. The lowest BCUT2D eigenvalue weighted by atomic mass is 9.79. The molecule has 3 rings (SSSR count). The van der Waals surface area contributed by atoms with Gasteiger partial charge in [-0.25, -0.2) is 4.79 Å². The first-order valence-corrected chi connectivity index (χ1v) is 11.1. The van der Waals surface area contributed by atoms with Crippen LogP contribution in [0.3, 0.4) is 0 Å². The molecule has 0 spiro atoms. The highest BCUT2D eigenvalue weighted by molar-refractivity contribution is 5.90. The van der Waals surface area contributed by atoms with Crippen molar-refractivity contribution in [3.8, 4) is 0 Å². The lowest BCUT2D eigenvalue weighted by Crippen LogP contribution is -2.32. The Morgan fingerprint density at radius 2 is 1.70 bits per heavy atom. The Hall–Kier alpha value is -2.17. The fourth-order valence-corrected chi connectivity index (χ4v) is 4.28. The van der Waals surface area contributed by atoms with Crippen molar-refractivity contribution in [1.82, 2.24) is 10.6 Å². The van der Waals surface area contributed by atoms with Crippen LogP contribution in [0.2, 0.25) is 0 Å². The van der Waals surface area contributed by atoms with Crippen molar-refractivity contribution >= 4 is 5.97 Å². The summed E-state index contributed by atoms with van der Waals surface area (Å²) in [6.07, 6.45) is 4.72. The number of ether oxygens (including phenoxy) is 1. The van der Waals surface area contributed by atoms with Gasteiger partial charge in [0.05, 0.1) is 5.56 Å². The van der Waals surface area contributed by atoms with E-state index in [2.05, 4.69) is 47.0 Å². The number of esters is 1. The van der Waals surface area contributed by atoms with Gasteiger partial charge in [-0.3, -0.25) is 0 Å². The highest BCUT2D eigenvalue weighted by atomic mass is 16.6. The number of nitrogens with one attached hydrogen (secondary N) is 2. The molecular formula is C26H36N2O2. The molecule has 0 saturated heterocycles. The molecule has 2 N–H and O–H groups in total. The Labute approximate surface area is 181 Å². The van der Waals surface area contributed by atoms with Gasteiger partial charge in [0.25, 0.3) is 0 Å². The molecule has 0 bridgehead atoms. The van der Waals surface area contributed by atoms with Gasteiger partial charge < -0.3 is 15.4 Å². The monoisotopic (exact) mass is 408 g/mol. The Morgan fingerprint density at radius 1 is 1.00 bits per heavy atom. The maximum atomic E-state index is 12.5. The van der Waals surface area contributed by atoms with Crippen LogP contribution in [0.25, 0.3) is 0 Å². The van der Waals surface area contributed by atoms with Crippen molar-refractivity contribution in [1.29, 1.82) is 0 Å². The highest BCUT2D eigenvalue weighted by Gasteiger charge is 2.25. The highest BCUT2D eigenvalue weighted by Crippen LogP contribution is 2.35. The van der Waals surface area contributed by atoms with Crippen molar-refractivity contribution in [2.24, 2.45) is 0 Å². The normalized spacial score (nSPS) is 19.5. The molecule has 1 saturated carbocycles. The number of carbonyl (C=O) groups is 1. The van der Waals surface area contributed by atoms with Gasteiger partial charge in [-0.1, -0.05) is 36.4 Å². The first-order valence-electron chi connectivity index (χ1n) is 11.1. The molecule has 0 amide bonds. The third-order valence-electron chi connectivity index (χ3n) is 5.75. The van der Waals surface area contributed by atoms with Crippen LogP contribution >= 0.6 is 0 Å². The third kappa shape index (κ3) is 6.41. The van der Waals surface area contributed by atoms with Crippen molar-refractivity contribution in [2.75, 3.05) is 7.05 Å². The molecule has 1 aliphatic carbocycles. The molecule has 0 heterocycles. The van der Waals surface area contributed by atoms with E-state index in [1.165, 1.54) is 42.4 Å². The van der Waals surface area contributed by atoms with Crippen LogP contribution in [-0.4, -0.2) is 24.7 Å². The summed E-state index contributed by atoms with van der Waals surface area (Å²) in [4.78, 5) is 12.5. The van der Waals surface area contributed by atoms with Gasteiger partial charge in [0.2, 0.25) is 0 Å². The third-order valence-corrected chi connectivity index (χ3v) is 5.75. The molecule has 162 valence electrons. The zero-order valence-electron chi connectivity index (χ0n) is 18.8. The van der Waals surface area contributed by atoms with Crippen LogP contribution in [0, 0.1) is 0 Å². The van der Waals surface area contributed by atoms with Crippen molar-refractivity contribution < 1.29 is 9.53 Å². The minimum Gasteiger partial charge on any atom is -0.456 e. The summed E-state index contributed by atoms with van der Waals surface area (Å²) in [7, 11) is 1.95. The summed E-state index contributed by atoms with van der Waals surface area (Å²) in [6.45, 7) is 7.40. The SMILES string of the molecule is CNCc1cc(C(=O)OC(C)(C)C)ccc1C1CCC(NCc2ccccc2)CC1. The van der Waals surface area contributed by atoms with E-state index in [9.17, 15) is 4.79 Å². The molecule has 0 aliphatic heterocycles. The summed E-state index contributed by atoms with van der Waals surface area (Å²) in [5.74, 6) is 0.302. The maximum Gasteiger partial charge on any atom is 0.338 e. The van der Waals surface area contributed by atoms with Crippen LogP contribution in [0.5, 0.6) is 0 Å². The summed E-state index contributed by atoms with van der Waals surface area (Å²) >= 11 is 0. The predicted molar refractivity (Wildman–Crippen MR) is 123 cm³/mol. The molecule has 1 fully saturated rings. The summed E-state index contributed by atoms with van der Waals surface area (Å²) < 4.78 is 5.55. The molecular weight excluding hydrogens is 372 g/mol. The summed E-state index contributed by atoms with van der Waals surface area (Å²) in [5, 5.41) is 6.98. The second-order valence-electron chi connectivity index (χ2n) is 9.36. The Kier molecular flexibility index (Phi) is 7.68. The molecule has 2 aromatic carbocycles. The summed E-state index contributed by atoms with van der Waals surface area (Å²) in [5.41, 5.74) is 4.08. The molecule has 0 radical (unpaired) electrons. The average molecular weight is 409 g/mol. The van der Waals surface area contributed by atoms with Crippen molar-refractivity contribution in [3.05, 3.63) is 70.8 Å². The standard InChI is InChI=1S/C26H36N2O2/c1-26(2,3)30-25(29)21-12-15-24(22(16-21)18-27-4)20-10-13-23(14-11-20)28-17-19-8-6-5-7-9-19/h5-9,12,15-16,20,23,27-28H,10-11,13-14,17-18H2,1-4H3. The summed E-state index contributed by atoms with van der Waals surface area (Å²) in [6, 6.07) is 17.3. The minimum absolute atomic E-state index is 0.250.